The summed E-state index contributed by atoms with van der Waals surface area (Å²) in [5.41, 5.74) is 0.680. The molecule has 0 aliphatic carbocycles. The Morgan fingerprint density at radius 3 is 2.32 bits per heavy atom. The van der Waals surface area contributed by atoms with Crippen LogP contribution in [0.15, 0.2) is 35.3 Å². The zero-order valence-corrected chi connectivity index (χ0v) is 21.8. The summed E-state index contributed by atoms with van der Waals surface area (Å²) in [5, 5.41) is 0.319. The molecule has 4 rings (SSSR count). The summed E-state index contributed by atoms with van der Waals surface area (Å²) >= 11 is 12.3. The molecule has 2 amide bonds. The number of rotatable bonds is 5. The Bertz CT molecular complexity index is 1450. The highest BCUT2D eigenvalue weighted by Gasteiger charge is 2.48. The molecule has 1 saturated heterocycles. The molecule has 1 aromatic carbocycles. The Hall–Kier alpha value is -3.09. The second-order valence-electron chi connectivity index (χ2n) is 9.13. The first-order chi connectivity index (χ1) is 17.8. The fourth-order valence-electron chi connectivity index (χ4n) is 4.50. The number of nitrogens with one attached hydrogen (secondary N) is 1. The first-order valence-corrected chi connectivity index (χ1v) is 12.2. The van der Waals surface area contributed by atoms with E-state index in [9.17, 15) is 31.9 Å². The lowest BCUT2D eigenvalue weighted by Crippen LogP contribution is -2.58. The summed E-state index contributed by atoms with van der Waals surface area (Å²) < 4.78 is 56.2. The number of halogens is 6. The summed E-state index contributed by atoms with van der Waals surface area (Å²) in [6, 6.07) is 3.13. The lowest BCUT2D eigenvalue weighted by atomic mass is 10.0. The molecule has 204 valence electrons. The Morgan fingerprint density at radius 2 is 1.71 bits per heavy atom. The van der Waals surface area contributed by atoms with E-state index in [1.54, 1.807) is 0 Å². The molecule has 0 radical (unpaired) electrons. The number of benzene rings is 1. The smallest absolute Gasteiger partial charge is 0.337 e. The zero-order valence-electron chi connectivity index (χ0n) is 20.3. The van der Waals surface area contributed by atoms with Crippen LogP contribution in [0.5, 0.6) is 0 Å². The Morgan fingerprint density at radius 1 is 1.08 bits per heavy atom. The molecule has 0 spiro atoms. The van der Waals surface area contributed by atoms with Crippen LogP contribution >= 0.6 is 23.2 Å². The summed E-state index contributed by atoms with van der Waals surface area (Å²) in [4.78, 5) is 43.5. The maximum absolute atomic E-state index is 14.7. The van der Waals surface area contributed by atoms with Gasteiger partial charge in [0, 0.05) is 44.5 Å². The van der Waals surface area contributed by atoms with Crippen molar-refractivity contribution in [1.29, 1.82) is 0 Å². The van der Waals surface area contributed by atoms with Gasteiger partial charge in [0.05, 0.1) is 10.6 Å². The molecule has 1 atom stereocenters. The monoisotopic (exact) mass is 575 g/mol. The van der Waals surface area contributed by atoms with E-state index in [1.807, 2.05) is 0 Å². The second kappa shape index (κ2) is 10.6. The number of aromatic nitrogens is 2. The van der Waals surface area contributed by atoms with E-state index in [0.29, 0.717) is 11.3 Å². The Kier molecular flexibility index (Phi) is 7.78. The quantitative estimate of drug-likeness (QED) is 0.473. The Balaban J connectivity index is 1.51. The maximum atomic E-state index is 14.7. The van der Waals surface area contributed by atoms with E-state index in [1.165, 1.54) is 47.8 Å². The molecule has 14 heteroatoms. The van der Waals surface area contributed by atoms with E-state index >= 15 is 0 Å². The number of piperazine rings is 1. The number of aromatic amines is 1. The van der Waals surface area contributed by atoms with Gasteiger partial charge in [-0.1, -0.05) is 29.3 Å². The van der Waals surface area contributed by atoms with E-state index in [2.05, 4.69) is 4.98 Å². The van der Waals surface area contributed by atoms with Crippen LogP contribution < -0.4 is 5.56 Å². The van der Waals surface area contributed by atoms with Crippen molar-refractivity contribution in [2.75, 3.05) is 40.3 Å². The van der Waals surface area contributed by atoms with Crippen LogP contribution in [-0.2, 0) is 11.2 Å². The van der Waals surface area contributed by atoms with Crippen molar-refractivity contribution < 1.29 is 27.2 Å². The SMILES string of the molecule is CN(C)C(C(=O)N1CCN(C(=O)c2cc(Cc3c[nH]c(=O)c4cc(Cl)c(Cl)n34)ccc2F)CC1)C(F)(F)F. The van der Waals surface area contributed by atoms with E-state index in [-0.39, 0.29) is 53.9 Å². The molecular formula is C24H23Cl2F4N5O3. The van der Waals surface area contributed by atoms with Crippen LogP contribution in [0.25, 0.3) is 5.52 Å². The van der Waals surface area contributed by atoms with Crippen molar-refractivity contribution in [3.8, 4) is 0 Å². The summed E-state index contributed by atoms with van der Waals surface area (Å²) in [7, 11) is 2.34. The first-order valence-electron chi connectivity index (χ1n) is 11.5. The molecule has 0 saturated carbocycles. The van der Waals surface area contributed by atoms with Gasteiger partial charge >= 0.3 is 6.18 Å². The van der Waals surface area contributed by atoms with Gasteiger partial charge in [0.1, 0.15) is 16.5 Å². The highest BCUT2D eigenvalue weighted by molar-refractivity contribution is 6.42. The third kappa shape index (κ3) is 5.38. The van der Waals surface area contributed by atoms with Gasteiger partial charge < -0.3 is 14.8 Å². The molecule has 1 unspecified atom stereocenters. The molecule has 1 fully saturated rings. The van der Waals surface area contributed by atoms with Crippen LogP contribution in [0.2, 0.25) is 10.2 Å². The summed E-state index contributed by atoms with van der Waals surface area (Å²) in [6.45, 7) is -0.336. The van der Waals surface area contributed by atoms with Crippen LogP contribution in [0, 0.1) is 5.82 Å². The van der Waals surface area contributed by atoms with Gasteiger partial charge in [-0.15, -0.1) is 0 Å². The van der Waals surface area contributed by atoms with Gasteiger partial charge in [0.15, 0.2) is 6.04 Å². The molecule has 0 bridgehead atoms. The zero-order chi connectivity index (χ0) is 27.9. The number of alkyl halides is 3. The van der Waals surface area contributed by atoms with Crippen molar-refractivity contribution in [3.63, 3.8) is 0 Å². The lowest BCUT2D eigenvalue weighted by molar-refractivity contribution is -0.191. The summed E-state index contributed by atoms with van der Waals surface area (Å²) in [6.07, 6.45) is -3.13. The average molecular weight is 576 g/mol. The van der Waals surface area contributed by atoms with Gasteiger partial charge in [-0.2, -0.15) is 13.2 Å². The number of likely N-dealkylation sites (N-methyl/N-ethyl adjacent to an activating group) is 1. The normalized spacial score (nSPS) is 15.4. The van der Waals surface area contributed by atoms with Gasteiger partial charge in [-0.3, -0.25) is 23.7 Å². The van der Waals surface area contributed by atoms with Gasteiger partial charge in [0.25, 0.3) is 11.5 Å². The first kappa shape index (κ1) is 27.9. The van der Waals surface area contributed by atoms with Crippen LogP contribution in [0.1, 0.15) is 21.6 Å². The third-order valence-corrected chi connectivity index (χ3v) is 7.13. The standard InChI is InChI=1S/C24H23Cl2F4N5O3/c1-32(2)19(24(28,29)30)23(38)34-7-5-33(6-8-34)22(37)15-10-13(3-4-17(15)27)9-14-12-31-21(36)18-11-16(25)20(26)35(14)18/h3-4,10-12,19H,5-9H2,1-2H3,(H,31,36). The number of nitrogens with zero attached hydrogens (tertiary/aromatic N) is 4. The minimum absolute atomic E-state index is 0.0513. The number of carbonyl (C=O) groups is 2. The van der Waals surface area contributed by atoms with E-state index in [4.69, 9.17) is 23.2 Å². The molecule has 38 heavy (non-hydrogen) atoms. The van der Waals surface area contributed by atoms with Crippen LogP contribution in [-0.4, -0.2) is 88.4 Å². The highest BCUT2D eigenvalue weighted by Crippen LogP contribution is 2.28. The molecular weight excluding hydrogens is 553 g/mol. The number of H-pyrrole nitrogens is 1. The Labute approximate surface area is 224 Å². The molecule has 2 aromatic heterocycles. The number of hydrogen-bond donors (Lipinski definition) is 1. The minimum Gasteiger partial charge on any atom is -0.337 e. The van der Waals surface area contributed by atoms with Crippen molar-refractivity contribution in [1.82, 2.24) is 24.1 Å². The molecule has 1 aliphatic rings. The number of hydrogen-bond acceptors (Lipinski definition) is 4. The van der Waals surface area contributed by atoms with Crippen molar-refractivity contribution in [2.24, 2.45) is 0 Å². The summed E-state index contributed by atoms with van der Waals surface area (Å²) in [5.74, 6) is -2.51. The number of fused-ring (bicyclic) bond motifs is 1. The van der Waals surface area contributed by atoms with Gasteiger partial charge in [-0.05, 0) is 37.9 Å². The van der Waals surface area contributed by atoms with Gasteiger partial charge in [0.2, 0.25) is 5.91 Å². The molecule has 3 heterocycles. The number of amides is 2. The minimum atomic E-state index is -4.75. The largest absolute Gasteiger partial charge is 0.412 e. The molecule has 1 aliphatic heterocycles. The molecule has 1 N–H and O–H groups in total. The van der Waals surface area contributed by atoms with E-state index in [0.717, 1.165) is 15.9 Å². The fourth-order valence-corrected chi connectivity index (χ4v) is 4.95. The van der Waals surface area contributed by atoms with Crippen molar-refractivity contribution in [2.45, 2.75) is 18.6 Å². The average Bonchev–Trinajstić information content (AvgIpc) is 3.15. The predicted octanol–water partition coefficient (Wildman–Crippen LogP) is 3.44. The second-order valence-corrected chi connectivity index (χ2v) is 9.89. The van der Waals surface area contributed by atoms with Crippen molar-refractivity contribution >= 4 is 40.5 Å². The third-order valence-electron chi connectivity index (χ3n) is 6.37. The van der Waals surface area contributed by atoms with Gasteiger partial charge in [-0.25, -0.2) is 4.39 Å². The van der Waals surface area contributed by atoms with E-state index < -0.39 is 35.4 Å². The molecule has 3 aromatic rings. The van der Waals surface area contributed by atoms with Crippen molar-refractivity contribution in [3.05, 3.63) is 73.6 Å². The fraction of sp³-hybridized carbons (Fsp3) is 0.375. The molecule has 8 nitrogen and oxygen atoms in total. The number of carbonyl (C=O) groups excluding carboxylic acids is 2. The predicted molar refractivity (Wildman–Crippen MR) is 133 cm³/mol. The van der Waals surface area contributed by atoms with Crippen LogP contribution in [0.3, 0.4) is 0 Å². The van der Waals surface area contributed by atoms with Crippen LogP contribution in [0.4, 0.5) is 17.6 Å². The topological polar surface area (TPSA) is 81.1 Å². The maximum Gasteiger partial charge on any atom is 0.412 e. The lowest BCUT2D eigenvalue weighted by Gasteiger charge is -2.38. The highest BCUT2D eigenvalue weighted by atomic mass is 35.5.